The predicted molar refractivity (Wildman–Crippen MR) is 111 cm³/mol. The molecule has 0 fully saturated rings. The summed E-state index contributed by atoms with van der Waals surface area (Å²) < 4.78 is 6.01. The molecule has 0 atom stereocenters. The first-order chi connectivity index (χ1) is 11.9. The minimum Gasteiger partial charge on any atom is -0.457 e. The number of aromatic nitrogens is 1. The third kappa shape index (κ3) is 4.43. The van der Waals surface area contributed by atoms with E-state index in [0.717, 1.165) is 47.7 Å². The normalized spacial score (nSPS) is 14.9. The second-order valence-electron chi connectivity index (χ2n) is 5.81. The van der Waals surface area contributed by atoms with E-state index < -0.39 is 0 Å². The Labute approximate surface area is 165 Å². The van der Waals surface area contributed by atoms with Crippen LogP contribution in [0.5, 0.6) is 0 Å². The van der Waals surface area contributed by atoms with Crippen LogP contribution < -0.4 is 0 Å². The van der Waals surface area contributed by atoms with Gasteiger partial charge in [0.2, 0.25) is 0 Å². The van der Waals surface area contributed by atoms with Gasteiger partial charge in [-0.25, -0.2) is 0 Å². The zero-order chi connectivity index (χ0) is 16.2. The van der Waals surface area contributed by atoms with Crippen molar-refractivity contribution in [1.82, 2.24) is 4.98 Å². The zero-order valence-corrected chi connectivity index (χ0v) is 15.8. The van der Waals surface area contributed by atoms with E-state index in [0.29, 0.717) is 0 Å². The number of benzene rings is 1. The second kappa shape index (κ2) is 9.37. The van der Waals surface area contributed by atoms with Crippen molar-refractivity contribution in [1.29, 1.82) is 0 Å². The number of furan rings is 1. The largest absolute Gasteiger partial charge is 0.457 e. The van der Waals surface area contributed by atoms with E-state index in [1.54, 1.807) is 6.20 Å². The number of aliphatic imine (C=N–C) groups is 1. The summed E-state index contributed by atoms with van der Waals surface area (Å²) in [6.45, 7) is 0.870. The summed E-state index contributed by atoms with van der Waals surface area (Å²) in [6.07, 6.45) is 7.85. The molecule has 0 saturated heterocycles. The van der Waals surface area contributed by atoms with Crippen LogP contribution in [-0.4, -0.2) is 17.2 Å². The van der Waals surface area contributed by atoms with Crippen LogP contribution in [0.4, 0.5) is 0 Å². The lowest BCUT2D eigenvalue weighted by Crippen LogP contribution is -2.11. The van der Waals surface area contributed by atoms with Gasteiger partial charge in [0.05, 0.1) is 5.71 Å². The molecule has 0 N–H and O–H groups in total. The average molecular weight is 387 g/mol. The predicted octanol–water partition coefficient (Wildman–Crippen LogP) is 5.85. The molecule has 26 heavy (non-hydrogen) atoms. The molecule has 0 aliphatic carbocycles. The van der Waals surface area contributed by atoms with Gasteiger partial charge < -0.3 is 4.42 Å². The summed E-state index contributed by atoms with van der Waals surface area (Å²) in [6, 6.07) is 18.2. The van der Waals surface area contributed by atoms with E-state index >= 15 is 0 Å². The third-order valence-electron chi connectivity index (χ3n) is 4.11. The number of rotatable bonds is 3. The molecule has 0 radical (unpaired) electrons. The van der Waals surface area contributed by atoms with Gasteiger partial charge in [-0.2, -0.15) is 0 Å². The topological polar surface area (TPSA) is 38.4 Å². The molecule has 0 unspecified atom stereocenters. The van der Waals surface area contributed by atoms with Crippen LogP contribution in [-0.2, 0) is 0 Å². The number of allylic oxidation sites excluding steroid dienone is 1. The first-order valence-corrected chi connectivity index (χ1v) is 8.21. The van der Waals surface area contributed by atoms with Gasteiger partial charge in [0.15, 0.2) is 0 Å². The molecule has 3 aromatic rings. The van der Waals surface area contributed by atoms with Gasteiger partial charge in [0.1, 0.15) is 11.5 Å². The van der Waals surface area contributed by atoms with Crippen molar-refractivity contribution in [2.75, 3.05) is 6.54 Å². The maximum atomic E-state index is 6.01. The monoisotopic (exact) mass is 386 g/mol. The second-order valence-corrected chi connectivity index (χ2v) is 5.81. The van der Waals surface area contributed by atoms with Gasteiger partial charge in [0, 0.05) is 30.1 Å². The standard InChI is InChI=1S/C21H18N2O.2ClH/c1-2-6-16(7-3-1)20-11-10-19(24-20)14-17-8-5-13-23-21(17)18-9-4-12-22-15-18;;/h1-4,6-7,9-12,14-15H,5,8,13H2;2*1H. The summed E-state index contributed by atoms with van der Waals surface area (Å²) in [5, 5.41) is 0. The average Bonchev–Trinajstić information content (AvgIpc) is 3.12. The molecule has 2 aromatic heterocycles. The quantitative estimate of drug-likeness (QED) is 0.565. The Balaban J connectivity index is 0.00000121. The van der Waals surface area contributed by atoms with Gasteiger partial charge >= 0.3 is 0 Å². The molecule has 4 rings (SSSR count). The van der Waals surface area contributed by atoms with Crippen LogP contribution >= 0.6 is 24.8 Å². The summed E-state index contributed by atoms with van der Waals surface area (Å²) in [5.74, 6) is 1.75. The summed E-state index contributed by atoms with van der Waals surface area (Å²) in [4.78, 5) is 8.92. The zero-order valence-electron chi connectivity index (χ0n) is 14.2. The van der Waals surface area contributed by atoms with Crippen molar-refractivity contribution in [3.8, 4) is 11.3 Å². The molecular weight excluding hydrogens is 367 g/mol. The van der Waals surface area contributed by atoms with E-state index in [9.17, 15) is 0 Å². The molecule has 1 aliphatic rings. The first-order valence-electron chi connectivity index (χ1n) is 8.21. The number of pyridine rings is 1. The fraction of sp³-hybridized carbons (Fsp3) is 0.143. The fourth-order valence-corrected chi connectivity index (χ4v) is 2.96. The Kier molecular flexibility index (Phi) is 7.19. The van der Waals surface area contributed by atoms with Crippen molar-refractivity contribution in [2.45, 2.75) is 12.8 Å². The summed E-state index contributed by atoms with van der Waals surface area (Å²) in [5.41, 5.74) is 4.40. The number of halogens is 2. The molecule has 1 aliphatic heterocycles. The molecule has 0 spiro atoms. The highest BCUT2D eigenvalue weighted by Gasteiger charge is 2.15. The van der Waals surface area contributed by atoms with Gasteiger partial charge in [-0.15, -0.1) is 24.8 Å². The van der Waals surface area contributed by atoms with Crippen LogP contribution in [0, 0.1) is 0 Å². The molecule has 0 amide bonds. The number of nitrogens with zero attached hydrogens (tertiary/aromatic N) is 2. The Bertz CT molecular complexity index is 887. The fourth-order valence-electron chi connectivity index (χ4n) is 2.96. The Morgan fingerprint density at radius 1 is 0.885 bits per heavy atom. The molecule has 1 aromatic carbocycles. The van der Waals surface area contributed by atoms with Crippen molar-refractivity contribution in [2.24, 2.45) is 4.99 Å². The molecule has 0 bridgehead atoms. The van der Waals surface area contributed by atoms with Crippen molar-refractivity contribution >= 4 is 36.6 Å². The van der Waals surface area contributed by atoms with Crippen LogP contribution in [0.1, 0.15) is 24.2 Å². The Morgan fingerprint density at radius 2 is 1.69 bits per heavy atom. The van der Waals surface area contributed by atoms with Gasteiger partial charge in [0.25, 0.3) is 0 Å². The lowest BCUT2D eigenvalue weighted by molar-refractivity contribution is 0.571. The first kappa shape index (κ1) is 20.0. The van der Waals surface area contributed by atoms with E-state index in [1.165, 1.54) is 5.57 Å². The molecule has 3 heterocycles. The molecule has 5 heteroatoms. The Hall–Kier alpha value is -2.36. The maximum absolute atomic E-state index is 6.01. The maximum Gasteiger partial charge on any atom is 0.134 e. The minimum atomic E-state index is 0. The van der Waals surface area contributed by atoms with Crippen LogP contribution in [0.15, 0.2) is 82.0 Å². The van der Waals surface area contributed by atoms with E-state index in [-0.39, 0.29) is 24.8 Å². The van der Waals surface area contributed by atoms with Gasteiger partial charge in [-0.05, 0) is 48.8 Å². The van der Waals surface area contributed by atoms with E-state index in [2.05, 4.69) is 29.3 Å². The lowest BCUT2D eigenvalue weighted by atomic mass is 9.96. The number of hydrogen-bond acceptors (Lipinski definition) is 3. The highest BCUT2D eigenvalue weighted by atomic mass is 35.5. The molecule has 3 nitrogen and oxygen atoms in total. The van der Waals surface area contributed by atoms with E-state index in [1.807, 2.05) is 42.6 Å². The van der Waals surface area contributed by atoms with Gasteiger partial charge in [-0.3, -0.25) is 9.98 Å². The minimum absolute atomic E-state index is 0. The SMILES string of the molecule is C(=C1CCCN=C1c1cccnc1)c1ccc(-c2ccccc2)o1.Cl.Cl. The lowest BCUT2D eigenvalue weighted by Gasteiger charge is -2.15. The molecule has 0 saturated carbocycles. The van der Waals surface area contributed by atoms with Crippen molar-refractivity contribution < 1.29 is 4.42 Å². The summed E-state index contributed by atoms with van der Waals surface area (Å²) >= 11 is 0. The van der Waals surface area contributed by atoms with Crippen LogP contribution in [0.25, 0.3) is 17.4 Å². The highest BCUT2D eigenvalue weighted by Crippen LogP contribution is 2.26. The van der Waals surface area contributed by atoms with E-state index in [4.69, 9.17) is 9.41 Å². The van der Waals surface area contributed by atoms with Crippen LogP contribution in [0.2, 0.25) is 0 Å². The Morgan fingerprint density at radius 3 is 2.46 bits per heavy atom. The van der Waals surface area contributed by atoms with Crippen molar-refractivity contribution in [3.05, 3.63) is 83.9 Å². The molecular formula is C21H20Cl2N2O. The number of hydrogen-bond donors (Lipinski definition) is 0. The summed E-state index contributed by atoms with van der Waals surface area (Å²) in [7, 11) is 0. The third-order valence-corrected chi connectivity index (χ3v) is 4.11. The van der Waals surface area contributed by atoms with Crippen molar-refractivity contribution in [3.63, 3.8) is 0 Å². The van der Waals surface area contributed by atoms with Gasteiger partial charge in [-0.1, -0.05) is 30.3 Å². The smallest absolute Gasteiger partial charge is 0.134 e. The van der Waals surface area contributed by atoms with Crippen LogP contribution in [0.3, 0.4) is 0 Å². The molecule has 134 valence electrons. The highest BCUT2D eigenvalue weighted by molar-refractivity contribution is 6.15.